The second-order valence-electron chi connectivity index (χ2n) is 7.29. The number of benzene rings is 1. The Labute approximate surface area is 162 Å². The zero-order valence-corrected chi connectivity index (χ0v) is 16.8. The lowest BCUT2D eigenvalue weighted by molar-refractivity contribution is -0.121. The van der Waals surface area contributed by atoms with Crippen molar-refractivity contribution in [2.24, 2.45) is 0 Å². The van der Waals surface area contributed by atoms with Crippen LogP contribution in [-0.2, 0) is 15.0 Å². The molecular weight excluding hydrogens is 364 g/mol. The number of para-hydroxylation sites is 1. The number of nitrogens with zero attached hydrogens (tertiary/aromatic N) is 3. The molecule has 1 aromatic carbocycles. The summed E-state index contributed by atoms with van der Waals surface area (Å²) in [6.45, 7) is 5.12. The summed E-state index contributed by atoms with van der Waals surface area (Å²) in [5.74, 6) is -0.0648. The molecule has 0 aliphatic carbocycles. The predicted octanol–water partition coefficient (Wildman–Crippen LogP) is 1.75. The van der Waals surface area contributed by atoms with Crippen LogP contribution in [-0.4, -0.2) is 73.1 Å². The predicted molar refractivity (Wildman–Crippen MR) is 107 cm³/mol. The highest BCUT2D eigenvalue weighted by Crippen LogP contribution is 2.19. The van der Waals surface area contributed by atoms with Gasteiger partial charge in [-0.1, -0.05) is 31.0 Å². The average Bonchev–Trinajstić information content (AvgIpc) is 2.98. The topological polar surface area (TPSA) is 73.0 Å². The zero-order chi connectivity index (χ0) is 19.3. The maximum absolute atomic E-state index is 12.9. The molecule has 150 valence electrons. The van der Waals surface area contributed by atoms with Gasteiger partial charge < -0.3 is 5.32 Å². The van der Waals surface area contributed by atoms with Gasteiger partial charge >= 0.3 is 0 Å². The Balaban J connectivity index is 1.53. The lowest BCUT2D eigenvalue weighted by Gasteiger charge is -2.38. The third-order valence-electron chi connectivity index (χ3n) is 5.46. The van der Waals surface area contributed by atoms with E-state index in [4.69, 9.17) is 0 Å². The lowest BCUT2D eigenvalue weighted by atomic mass is 10.2. The Morgan fingerprint density at radius 1 is 0.889 bits per heavy atom. The molecule has 0 radical (unpaired) electrons. The standard InChI is InChI=1S/C19H30N4O3S/c1-17(19(24)20-18-9-5-4-6-10-18)21-13-15-23(16-14-21)27(25,26)22-11-7-2-3-8-12-22/h4-6,9-10,17H,2-3,7-8,11-16H2,1H3,(H,20,24). The fraction of sp³-hybridized carbons (Fsp3) is 0.632. The van der Waals surface area contributed by atoms with Gasteiger partial charge in [-0.15, -0.1) is 0 Å². The third-order valence-corrected chi connectivity index (χ3v) is 7.49. The molecular formula is C19H30N4O3S. The molecule has 7 nitrogen and oxygen atoms in total. The molecule has 1 atom stereocenters. The Kier molecular flexibility index (Phi) is 6.86. The van der Waals surface area contributed by atoms with Crippen molar-refractivity contribution in [3.8, 4) is 0 Å². The SMILES string of the molecule is CC(C(=O)Nc1ccccc1)N1CCN(S(=O)(=O)N2CCCCCC2)CC1. The molecule has 2 fully saturated rings. The molecule has 3 rings (SSSR count). The number of carbonyl (C=O) groups excluding carboxylic acids is 1. The maximum atomic E-state index is 12.9. The lowest BCUT2D eigenvalue weighted by Crippen LogP contribution is -2.56. The van der Waals surface area contributed by atoms with E-state index in [1.54, 1.807) is 8.61 Å². The molecule has 0 saturated carbocycles. The number of carbonyl (C=O) groups is 1. The van der Waals surface area contributed by atoms with Crippen LogP contribution in [0.1, 0.15) is 32.6 Å². The van der Waals surface area contributed by atoms with Crippen molar-refractivity contribution in [1.29, 1.82) is 0 Å². The highest BCUT2D eigenvalue weighted by Gasteiger charge is 2.34. The molecule has 2 aliphatic rings. The first-order valence-electron chi connectivity index (χ1n) is 9.83. The minimum Gasteiger partial charge on any atom is -0.325 e. The van der Waals surface area contributed by atoms with Crippen LogP contribution in [0.2, 0.25) is 0 Å². The number of rotatable bonds is 5. The monoisotopic (exact) mass is 394 g/mol. The number of piperazine rings is 1. The molecule has 2 heterocycles. The fourth-order valence-corrected chi connectivity index (χ4v) is 5.36. The largest absolute Gasteiger partial charge is 0.325 e. The number of hydrogen-bond acceptors (Lipinski definition) is 4. The van der Waals surface area contributed by atoms with Gasteiger partial charge in [-0.3, -0.25) is 9.69 Å². The molecule has 27 heavy (non-hydrogen) atoms. The van der Waals surface area contributed by atoms with E-state index in [9.17, 15) is 13.2 Å². The summed E-state index contributed by atoms with van der Waals surface area (Å²) in [5, 5.41) is 2.92. The van der Waals surface area contributed by atoms with Crippen molar-refractivity contribution >= 4 is 21.8 Å². The van der Waals surface area contributed by atoms with Crippen LogP contribution in [0.25, 0.3) is 0 Å². The summed E-state index contributed by atoms with van der Waals surface area (Å²) < 4.78 is 29.0. The smallest absolute Gasteiger partial charge is 0.282 e. The first kappa shape index (κ1) is 20.3. The molecule has 2 saturated heterocycles. The van der Waals surface area contributed by atoms with Crippen LogP contribution >= 0.6 is 0 Å². The summed E-state index contributed by atoms with van der Waals surface area (Å²) in [6.07, 6.45) is 4.09. The van der Waals surface area contributed by atoms with Gasteiger partial charge in [0.05, 0.1) is 6.04 Å². The van der Waals surface area contributed by atoms with Crippen molar-refractivity contribution in [1.82, 2.24) is 13.5 Å². The van der Waals surface area contributed by atoms with Gasteiger partial charge in [0.2, 0.25) is 5.91 Å². The molecule has 1 unspecified atom stereocenters. The first-order chi connectivity index (χ1) is 13.0. The van der Waals surface area contributed by atoms with Crippen molar-refractivity contribution in [2.75, 3.05) is 44.6 Å². The van der Waals surface area contributed by atoms with Crippen molar-refractivity contribution in [3.63, 3.8) is 0 Å². The van der Waals surface area contributed by atoms with E-state index >= 15 is 0 Å². The number of amides is 1. The van der Waals surface area contributed by atoms with E-state index in [1.807, 2.05) is 42.2 Å². The second-order valence-corrected chi connectivity index (χ2v) is 9.22. The van der Waals surface area contributed by atoms with Gasteiger partial charge in [-0.05, 0) is 31.9 Å². The van der Waals surface area contributed by atoms with Gasteiger partial charge in [-0.2, -0.15) is 17.0 Å². The van der Waals surface area contributed by atoms with E-state index in [2.05, 4.69) is 5.32 Å². The van der Waals surface area contributed by atoms with Gasteiger partial charge in [0.15, 0.2) is 0 Å². The van der Waals surface area contributed by atoms with E-state index in [1.165, 1.54) is 0 Å². The number of anilines is 1. The van der Waals surface area contributed by atoms with E-state index < -0.39 is 10.2 Å². The van der Waals surface area contributed by atoms with Crippen LogP contribution in [0.4, 0.5) is 5.69 Å². The minimum atomic E-state index is -3.39. The second kappa shape index (κ2) is 9.14. The Bertz CT molecular complexity index is 710. The average molecular weight is 395 g/mol. The molecule has 1 amide bonds. The highest BCUT2D eigenvalue weighted by atomic mass is 32.2. The van der Waals surface area contributed by atoms with Gasteiger partial charge in [0.25, 0.3) is 10.2 Å². The first-order valence-corrected chi connectivity index (χ1v) is 11.2. The number of nitrogens with one attached hydrogen (secondary N) is 1. The summed E-state index contributed by atoms with van der Waals surface area (Å²) in [5.41, 5.74) is 0.775. The minimum absolute atomic E-state index is 0.0648. The van der Waals surface area contributed by atoms with Crippen LogP contribution in [0, 0.1) is 0 Å². The summed E-state index contributed by atoms with van der Waals surface area (Å²) in [4.78, 5) is 14.5. The molecule has 0 spiro atoms. The molecule has 1 N–H and O–H groups in total. The van der Waals surface area contributed by atoms with Crippen LogP contribution in [0.5, 0.6) is 0 Å². The Hall–Kier alpha value is -1.48. The molecule has 0 bridgehead atoms. The van der Waals surface area contributed by atoms with Crippen molar-refractivity contribution in [3.05, 3.63) is 30.3 Å². The third kappa shape index (κ3) is 5.07. The molecule has 0 aromatic heterocycles. The Morgan fingerprint density at radius 2 is 1.44 bits per heavy atom. The van der Waals surface area contributed by atoms with E-state index in [0.717, 1.165) is 31.4 Å². The van der Waals surface area contributed by atoms with E-state index in [-0.39, 0.29) is 11.9 Å². The van der Waals surface area contributed by atoms with Gasteiger partial charge in [0, 0.05) is 45.0 Å². The van der Waals surface area contributed by atoms with Crippen LogP contribution in [0.15, 0.2) is 30.3 Å². The highest BCUT2D eigenvalue weighted by molar-refractivity contribution is 7.86. The van der Waals surface area contributed by atoms with Gasteiger partial charge in [-0.25, -0.2) is 0 Å². The van der Waals surface area contributed by atoms with Crippen LogP contribution < -0.4 is 5.32 Å². The summed E-state index contributed by atoms with van der Waals surface area (Å²) in [6, 6.07) is 9.09. The summed E-state index contributed by atoms with van der Waals surface area (Å²) in [7, 11) is -3.39. The van der Waals surface area contributed by atoms with Crippen molar-refractivity contribution < 1.29 is 13.2 Å². The van der Waals surface area contributed by atoms with E-state index in [0.29, 0.717) is 39.3 Å². The van der Waals surface area contributed by atoms with Gasteiger partial charge in [0.1, 0.15) is 0 Å². The van der Waals surface area contributed by atoms with Crippen LogP contribution in [0.3, 0.4) is 0 Å². The molecule has 2 aliphatic heterocycles. The quantitative estimate of drug-likeness (QED) is 0.826. The van der Waals surface area contributed by atoms with Crippen molar-refractivity contribution in [2.45, 2.75) is 38.6 Å². The zero-order valence-electron chi connectivity index (χ0n) is 16.0. The maximum Gasteiger partial charge on any atom is 0.282 e. The summed E-state index contributed by atoms with van der Waals surface area (Å²) >= 11 is 0. The molecule has 8 heteroatoms. The molecule has 1 aromatic rings. The normalized spacial score (nSPS) is 22.1. The fourth-order valence-electron chi connectivity index (χ4n) is 3.69. The Morgan fingerprint density at radius 3 is 2.04 bits per heavy atom. The number of hydrogen-bond donors (Lipinski definition) is 1.